The van der Waals surface area contributed by atoms with E-state index in [1.165, 1.54) is 16.5 Å². The van der Waals surface area contributed by atoms with Gasteiger partial charge in [-0.3, -0.25) is 0 Å². The topological polar surface area (TPSA) is 46.3 Å². The van der Waals surface area contributed by atoms with Crippen molar-refractivity contribution in [2.45, 2.75) is 26.5 Å². The molecule has 0 aliphatic heterocycles. The maximum absolute atomic E-state index is 6.19. The first kappa shape index (κ1) is 21.3. The van der Waals surface area contributed by atoms with Gasteiger partial charge in [0.15, 0.2) is 11.5 Å². The molecule has 0 saturated carbocycles. The monoisotopic (exact) mass is 434 g/mol. The molecule has 1 heterocycles. The van der Waals surface area contributed by atoms with Crippen LogP contribution in [0.25, 0.3) is 10.9 Å². The number of aromatic amines is 1. The molecule has 3 aromatic carbocycles. The average molecular weight is 435 g/mol. The van der Waals surface area contributed by atoms with Gasteiger partial charge in [-0.1, -0.05) is 54.1 Å². The standard InChI is InChI=1S/C26H27ClN2O2/c1-2-30-25-9-5-6-21(26(25)31-18-19-10-12-22(27)13-11-19)16-28-15-14-20-17-29-24-8-4-3-7-23(20)24/h3-13,17,28-29H,2,14-16,18H2,1H3. The number of hydrogen-bond acceptors (Lipinski definition) is 3. The summed E-state index contributed by atoms with van der Waals surface area (Å²) in [6, 6.07) is 22.2. The molecule has 1 aromatic heterocycles. The van der Waals surface area contributed by atoms with Gasteiger partial charge in [0.1, 0.15) is 6.61 Å². The van der Waals surface area contributed by atoms with Crippen LogP contribution in [0.4, 0.5) is 0 Å². The van der Waals surface area contributed by atoms with Gasteiger partial charge in [0.05, 0.1) is 6.61 Å². The molecule has 0 radical (unpaired) electrons. The fraction of sp³-hybridized carbons (Fsp3) is 0.231. The molecule has 0 unspecified atom stereocenters. The number of para-hydroxylation sites is 2. The molecule has 0 spiro atoms. The van der Waals surface area contributed by atoms with E-state index < -0.39 is 0 Å². The van der Waals surface area contributed by atoms with E-state index in [0.717, 1.165) is 40.6 Å². The Kier molecular flexibility index (Phi) is 7.13. The van der Waals surface area contributed by atoms with E-state index in [1.807, 2.05) is 43.3 Å². The summed E-state index contributed by atoms with van der Waals surface area (Å²) >= 11 is 5.99. The molecule has 4 aromatic rings. The van der Waals surface area contributed by atoms with Crippen molar-refractivity contribution in [3.8, 4) is 11.5 Å². The number of H-pyrrole nitrogens is 1. The van der Waals surface area contributed by atoms with Crippen LogP contribution in [0.5, 0.6) is 11.5 Å². The van der Waals surface area contributed by atoms with E-state index in [-0.39, 0.29) is 0 Å². The van der Waals surface area contributed by atoms with Crippen molar-refractivity contribution in [2.75, 3.05) is 13.2 Å². The largest absolute Gasteiger partial charge is 0.490 e. The highest BCUT2D eigenvalue weighted by Crippen LogP contribution is 2.32. The summed E-state index contributed by atoms with van der Waals surface area (Å²) < 4.78 is 12.0. The zero-order chi connectivity index (χ0) is 21.5. The zero-order valence-corrected chi connectivity index (χ0v) is 18.4. The summed E-state index contributed by atoms with van der Waals surface area (Å²) in [6.45, 7) is 4.62. The van der Waals surface area contributed by atoms with Crippen molar-refractivity contribution >= 4 is 22.5 Å². The third-order valence-electron chi connectivity index (χ3n) is 5.22. The Morgan fingerprint density at radius 2 is 1.74 bits per heavy atom. The van der Waals surface area contributed by atoms with Crippen LogP contribution in [-0.2, 0) is 19.6 Å². The Morgan fingerprint density at radius 1 is 0.903 bits per heavy atom. The van der Waals surface area contributed by atoms with Crippen molar-refractivity contribution < 1.29 is 9.47 Å². The zero-order valence-electron chi connectivity index (χ0n) is 17.7. The molecule has 0 atom stereocenters. The molecular weight excluding hydrogens is 408 g/mol. The fourth-order valence-electron chi connectivity index (χ4n) is 3.65. The molecule has 0 aliphatic rings. The molecule has 0 fully saturated rings. The molecule has 0 bridgehead atoms. The van der Waals surface area contributed by atoms with Crippen LogP contribution in [0.15, 0.2) is 72.9 Å². The first-order valence-electron chi connectivity index (χ1n) is 10.6. The Bertz CT molecular complexity index is 1120. The van der Waals surface area contributed by atoms with E-state index in [4.69, 9.17) is 21.1 Å². The van der Waals surface area contributed by atoms with Crippen LogP contribution in [-0.4, -0.2) is 18.1 Å². The molecule has 2 N–H and O–H groups in total. The van der Waals surface area contributed by atoms with Gasteiger partial charge in [0.2, 0.25) is 0 Å². The number of benzene rings is 3. The second-order valence-corrected chi connectivity index (χ2v) is 7.82. The summed E-state index contributed by atoms with van der Waals surface area (Å²) in [4.78, 5) is 3.34. The molecule has 4 nitrogen and oxygen atoms in total. The summed E-state index contributed by atoms with van der Waals surface area (Å²) in [7, 11) is 0. The van der Waals surface area contributed by atoms with Crippen LogP contribution in [0.3, 0.4) is 0 Å². The number of rotatable bonds is 10. The van der Waals surface area contributed by atoms with Gasteiger partial charge >= 0.3 is 0 Å². The number of aromatic nitrogens is 1. The van der Waals surface area contributed by atoms with Crippen LogP contribution in [0.1, 0.15) is 23.6 Å². The van der Waals surface area contributed by atoms with Gasteiger partial charge in [-0.05, 0) is 55.3 Å². The van der Waals surface area contributed by atoms with Crippen molar-refractivity contribution in [1.82, 2.24) is 10.3 Å². The number of fused-ring (bicyclic) bond motifs is 1. The van der Waals surface area contributed by atoms with Gasteiger partial charge < -0.3 is 19.8 Å². The lowest BCUT2D eigenvalue weighted by Crippen LogP contribution is -2.17. The average Bonchev–Trinajstić information content (AvgIpc) is 3.20. The number of halogens is 1. The van der Waals surface area contributed by atoms with Gasteiger partial charge in [-0.25, -0.2) is 0 Å². The van der Waals surface area contributed by atoms with Crippen molar-refractivity contribution in [1.29, 1.82) is 0 Å². The quantitative estimate of drug-likeness (QED) is 0.295. The lowest BCUT2D eigenvalue weighted by molar-refractivity contribution is 0.266. The number of hydrogen-bond donors (Lipinski definition) is 2. The van der Waals surface area contributed by atoms with E-state index in [0.29, 0.717) is 19.8 Å². The fourth-order valence-corrected chi connectivity index (χ4v) is 3.78. The normalized spacial score (nSPS) is 11.0. The Morgan fingerprint density at radius 3 is 2.58 bits per heavy atom. The number of ether oxygens (including phenoxy) is 2. The minimum Gasteiger partial charge on any atom is -0.490 e. The van der Waals surface area contributed by atoms with Crippen molar-refractivity contribution in [3.05, 3.63) is 94.6 Å². The lowest BCUT2D eigenvalue weighted by Gasteiger charge is -2.16. The van der Waals surface area contributed by atoms with Gasteiger partial charge in [0.25, 0.3) is 0 Å². The first-order valence-corrected chi connectivity index (χ1v) is 11.0. The number of nitrogens with one attached hydrogen (secondary N) is 2. The third kappa shape index (κ3) is 5.40. The van der Waals surface area contributed by atoms with E-state index in [9.17, 15) is 0 Å². The van der Waals surface area contributed by atoms with Crippen molar-refractivity contribution in [2.24, 2.45) is 0 Å². The summed E-state index contributed by atoms with van der Waals surface area (Å²) in [6.07, 6.45) is 3.05. The highest BCUT2D eigenvalue weighted by molar-refractivity contribution is 6.30. The highest BCUT2D eigenvalue weighted by Gasteiger charge is 2.12. The van der Waals surface area contributed by atoms with E-state index in [2.05, 4.69) is 46.8 Å². The Balaban J connectivity index is 1.40. The highest BCUT2D eigenvalue weighted by atomic mass is 35.5. The molecule has 31 heavy (non-hydrogen) atoms. The third-order valence-corrected chi connectivity index (χ3v) is 5.47. The molecular formula is C26H27ClN2O2. The molecule has 0 aliphatic carbocycles. The maximum atomic E-state index is 6.19. The van der Waals surface area contributed by atoms with Crippen LogP contribution < -0.4 is 14.8 Å². The van der Waals surface area contributed by atoms with E-state index >= 15 is 0 Å². The van der Waals surface area contributed by atoms with Gasteiger partial charge in [0, 0.05) is 34.2 Å². The molecule has 5 heteroatoms. The second-order valence-electron chi connectivity index (χ2n) is 7.38. The second kappa shape index (κ2) is 10.4. The molecule has 4 rings (SSSR count). The smallest absolute Gasteiger partial charge is 0.166 e. The predicted octanol–water partition coefficient (Wildman–Crippen LogP) is 6.13. The summed E-state index contributed by atoms with van der Waals surface area (Å²) in [5, 5.41) is 5.56. The molecule has 160 valence electrons. The van der Waals surface area contributed by atoms with Gasteiger partial charge in [-0.2, -0.15) is 0 Å². The summed E-state index contributed by atoms with van der Waals surface area (Å²) in [5.74, 6) is 1.56. The molecule has 0 amide bonds. The van der Waals surface area contributed by atoms with Crippen molar-refractivity contribution in [3.63, 3.8) is 0 Å². The van der Waals surface area contributed by atoms with Crippen LogP contribution in [0, 0.1) is 0 Å². The predicted molar refractivity (Wildman–Crippen MR) is 127 cm³/mol. The summed E-state index contributed by atoms with van der Waals surface area (Å²) in [5.41, 5.74) is 4.65. The van der Waals surface area contributed by atoms with Gasteiger partial charge in [-0.15, -0.1) is 0 Å². The minimum atomic E-state index is 0.462. The Hall–Kier alpha value is -2.95. The first-order chi connectivity index (χ1) is 15.2. The lowest BCUT2D eigenvalue weighted by atomic mass is 10.1. The van der Waals surface area contributed by atoms with E-state index in [1.54, 1.807) is 0 Å². The Labute approximate surface area is 188 Å². The SMILES string of the molecule is CCOc1cccc(CNCCc2c[nH]c3ccccc23)c1OCc1ccc(Cl)cc1. The van der Waals surface area contributed by atoms with Crippen LogP contribution >= 0.6 is 11.6 Å². The maximum Gasteiger partial charge on any atom is 0.166 e. The molecule has 0 saturated heterocycles. The minimum absolute atomic E-state index is 0.462. The van der Waals surface area contributed by atoms with Crippen LogP contribution in [0.2, 0.25) is 5.02 Å².